The number of ketones is 1. The number of benzene rings is 3. The fourth-order valence-electron chi connectivity index (χ4n) is 4.53. The molecule has 1 fully saturated rings. The van der Waals surface area contributed by atoms with E-state index < -0.39 is 17.7 Å². The molecule has 0 saturated carbocycles. The van der Waals surface area contributed by atoms with E-state index in [1.807, 2.05) is 48.5 Å². The van der Waals surface area contributed by atoms with E-state index >= 15 is 0 Å². The Labute approximate surface area is 211 Å². The molecule has 2 amide bonds. The molecule has 0 spiro atoms. The highest BCUT2D eigenvalue weighted by Gasteiger charge is 2.27. The van der Waals surface area contributed by atoms with Gasteiger partial charge in [-0.1, -0.05) is 78.9 Å². The summed E-state index contributed by atoms with van der Waals surface area (Å²) in [6, 6.07) is 26.1. The smallest absolute Gasteiger partial charge is 0.287 e. The van der Waals surface area contributed by atoms with Crippen LogP contribution in [0.1, 0.15) is 27.0 Å². The number of amides is 2. The summed E-state index contributed by atoms with van der Waals surface area (Å²) in [6.45, 7) is 5.28. The largest absolute Gasteiger partial charge is 0.363 e. The molecular weight excluding hydrogens is 452 g/mol. The van der Waals surface area contributed by atoms with Gasteiger partial charge in [0, 0.05) is 51.3 Å². The lowest BCUT2D eigenvalue weighted by Gasteiger charge is -2.35. The highest BCUT2D eigenvalue weighted by atomic mass is 16.2. The first-order valence-corrected chi connectivity index (χ1v) is 12.2. The lowest BCUT2D eigenvalue weighted by atomic mass is 10.0. The Morgan fingerprint density at radius 3 is 1.86 bits per heavy atom. The van der Waals surface area contributed by atoms with Gasteiger partial charge in [0.1, 0.15) is 6.04 Å². The Morgan fingerprint density at radius 2 is 1.25 bits per heavy atom. The van der Waals surface area contributed by atoms with Crippen LogP contribution >= 0.6 is 0 Å². The molecular formula is C29H32N4O3. The Kier molecular flexibility index (Phi) is 8.60. The second kappa shape index (κ2) is 12.2. The van der Waals surface area contributed by atoms with Crippen molar-refractivity contribution in [2.24, 2.45) is 5.73 Å². The Balaban J connectivity index is 1.39. The van der Waals surface area contributed by atoms with Crippen LogP contribution in [0, 0.1) is 0 Å². The summed E-state index contributed by atoms with van der Waals surface area (Å²) in [7, 11) is 0. The average molecular weight is 485 g/mol. The molecule has 1 saturated heterocycles. The molecule has 0 bridgehead atoms. The van der Waals surface area contributed by atoms with Crippen molar-refractivity contribution >= 4 is 17.6 Å². The highest BCUT2D eigenvalue weighted by molar-refractivity contribution is 6.38. The van der Waals surface area contributed by atoms with Gasteiger partial charge in [0.25, 0.3) is 11.8 Å². The van der Waals surface area contributed by atoms with Crippen molar-refractivity contribution in [2.45, 2.75) is 25.6 Å². The van der Waals surface area contributed by atoms with Crippen molar-refractivity contribution in [3.8, 4) is 0 Å². The van der Waals surface area contributed by atoms with Crippen LogP contribution in [0.3, 0.4) is 0 Å². The minimum atomic E-state index is -1.06. The third kappa shape index (κ3) is 6.87. The van der Waals surface area contributed by atoms with Crippen LogP contribution in [-0.2, 0) is 29.1 Å². The van der Waals surface area contributed by atoms with E-state index in [1.165, 1.54) is 5.56 Å². The number of piperazine rings is 1. The van der Waals surface area contributed by atoms with Crippen LogP contribution in [0.25, 0.3) is 0 Å². The van der Waals surface area contributed by atoms with Gasteiger partial charge in [-0.25, -0.2) is 0 Å². The Hall–Kier alpha value is -3.81. The maximum absolute atomic E-state index is 13.2. The molecule has 1 aliphatic rings. The molecule has 7 nitrogen and oxygen atoms in total. The number of primary amides is 1. The second-order valence-corrected chi connectivity index (χ2v) is 9.14. The molecule has 0 aromatic heterocycles. The molecule has 0 aliphatic carbocycles. The van der Waals surface area contributed by atoms with Crippen molar-refractivity contribution in [1.82, 2.24) is 15.1 Å². The van der Waals surface area contributed by atoms with Crippen LogP contribution in [0.4, 0.5) is 0 Å². The molecule has 3 aromatic carbocycles. The number of Topliss-reactive ketones (excluding diaryl/α,β-unsaturated/α-hetero) is 1. The van der Waals surface area contributed by atoms with E-state index in [0.29, 0.717) is 12.1 Å². The van der Waals surface area contributed by atoms with Crippen molar-refractivity contribution in [1.29, 1.82) is 0 Å². The van der Waals surface area contributed by atoms with Gasteiger partial charge in [0.05, 0.1) is 0 Å². The highest BCUT2D eigenvalue weighted by Crippen LogP contribution is 2.16. The van der Waals surface area contributed by atoms with Crippen LogP contribution in [0.2, 0.25) is 0 Å². The van der Waals surface area contributed by atoms with Crippen LogP contribution in [-0.4, -0.2) is 59.6 Å². The van der Waals surface area contributed by atoms with Gasteiger partial charge in [-0.05, 0) is 22.8 Å². The molecule has 1 unspecified atom stereocenters. The second-order valence-electron chi connectivity index (χ2n) is 9.14. The summed E-state index contributed by atoms with van der Waals surface area (Å²) in [6.07, 6.45) is 0.194. The first-order valence-electron chi connectivity index (χ1n) is 12.2. The lowest BCUT2D eigenvalue weighted by molar-refractivity contribution is -0.137. The van der Waals surface area contributed by atoms with Gasteiger partial charge >= 0.3 is 0 Å². The molecule has 186 valence electrons. The Morgan fingerprint density at radius 1 is 0.722 bits per heavy atom. The fourth-order valence-corrected chi connectivity index (χ4v) is 4.53. The molecule has 3 aromatic rings. The normalized spacial score (nSPS) is 15.2. The van der Waals surface area contributed by atoms with Crippen LogP contribution < -0.4 is 11.1 Å². The summed E-state index contributed by atoms with van der Waals surface area (Å²) >= 11 is 0. The van der Waals surface area contributed by atoms with E-state index in [1.54, 1.807) is 12.1 Å². The van der Waals surface area contributed by atoms with Gasteiger partial charge in [0.2, 0.25) is 5.78 Å². The van der Waals surface area contributed by atoms with Crippen molar-refractivity contribution in [3.05, 3.63) is 107 Å². The average Bonchev–Trinajstić information content (AvgIpc) is 2.90. The topological polar surface area (TPSA) is 95.7 Å². The monoisotopic (exact) mass is 484 g/mol. The number of nitrogens with one attached hydrogen (secondary N) is 1. The maximum Gasteiger partial charge on any atom is 0.287 e. The minimum Gasteiger partial charge on any atom is -0.363 e. The Bertz CT molecular complexity index is 1180. The molecule has 0 radical (unpaired) electrons. The number of carbonyl (C=O) groups is 3. The molecule has 7 heteroatoms. The zero-order valence-electron chi connectivity index (χ0n) is 20.3. The quantitative estimate of drug-likeness (QED) is 0.431. The molecule has 3 N–H and O–H groups in total. The number of nitrogens with zero attached hydrogens (tertiary/aromatic N) is 2. The molecule has 4 rings (SSSR count). The van der Waals surface area contributed by atoms with E-state index in [2.05, 4.69) is 39.4 Å². The number of rotatable bonds is 10. The predicted molar refractivity (Wildman–Crippen MR) is 139 cm³/mol. The number of hydrogen-bond acceptors (Lipinski definition) is 5. The third-order valence-corrected chi connectivity index (χ3v) is 6.52. The number of nitrogens with two attached hydrogens (primary N) is 1. The predicted octanol–water partition coefficient (Wildman–Crippen LogP) is 2.40. The van der Waals surface area contributed by atoms with E-state index in [-0.39, 0.29) is 12.3 Å². The standard InChI is InChI=1S/C29H32N4O3/c30-28(35)27(34)26(19-22-9-3-1-4-10-22)31-29(36)25-14-8-7-13-24(25)21-33-17-15-32(16-18-33)20-23-11-5-2-6-12-23/h1-14,26H,15-21H2,(H2,30,35)(H,31,36). The van der Waals surface area contributed by atoms with Gasteiger partial charge in [-0.3, -0.25) is 24.2 Å². The van der Waals surface area contributed by atoms with E-state index in [4.69, 9.17) is 5.73 Å². The minimum absolute atomic E-state index is 0.194. The van der Waals surface area contributed by atoms with Crippen molar-refractivity contribution in [2.75, 3.05) is 26.2 Å². The SMILES string of the molecule is NC(=O)C(=O)C(Cc1ccccc1)NC(=O)c1ccccc1CN1CCN(Cc2ccccc2)CC1. The fraction of sp³-hybridized carbons (Fsp3) is 0.276. The van der Waals surface area contributed by atoms with Crippen LogP contribution in [0.5, 0.6) is 0 Å². The maximum atomic E-state index is 13.2. The van der Waals surface area contributed by atoms with E-state index in [0.717, 1.165) is 43.9 Å². The van der Waals surface area contributed by atoms with Gasteiger partial charge in [-0.2, -0.15) is 0 Å². The molecule has 36 heavy (non-hydrogen) atoms. The third-order valence-electron chi connectivity index (χ3n) is 6.52. The first kappa shape index (κ1) is 25.3. The van der Waals surface area contributed by atoms with Crippen molar-refractivity contribution < 1.29 is 14.4 Å². The van der Waals surface area contributed by atoms with Gasteiger partial charge < -0.3 is 11.1 Å². The molecule has 1 aliphatic heterocycles. The van der Waals surface area contributed by atoms with Crippen molar-refractivity contribution in [3.63, 3.8) is 0 Å². The summed E-state index contributed by atoms with van der Waals surface area (Å²) < 4.78 is 0. The van der Waals surface area contributed by atoms with Gasteiger partial charge in [0.15, 0.2) is 0 Å². The summed E-state index contributed by atoms with van der Waals surface area (Å²) in [5.41, 5.74) is 8.79. The van der Waals surface area contributed by atoms with E-state index in [9.17, 15) is 14.4 Å². The molecule has 1 atom stereocenters. The lowest BCUT2D eigenvalue weighted by Crippen LogP contribution is -2.48. The molecule has 1 heterocycles. The summed E-state index contributed by atoms with van der Waals surface area (Å²) in [5.74, 6) is -2.25. The van der Waals surface area contributed by atoms with Gasteiger partial charge in [-0.15, -0.1) is 0 Å². The zero-order valence-corrected chi connectivity index (χ0v) is 20.3. The van der Waals surface area contributed by atoms with Crippen LogP contribution in [0.15, 0.2) is 84.9 Å². The first-order chi connectivity index (χ1) is 17.5. The zero-order chi connectivity index (χ0) is 25.3. The number of carbonyl (C=O) groups excluding carboxylic acids is 3. The summed E-state index contributed by atoms with van der Waals surface area (Å²) in [5, 5.41) is 2.76. The number of hydrogen-bond donors (Lipinski definition) is 2. The summed E-state index contributed by atoms with van der Waals surface area (Å²) in [4.78, 5) is 42.1.